The lowest BCUT2D eigenvalue weighted by Crippen LogP contribution is -2.61. The van der Waals surface area contributed by atoms with Crippen molar-refractivity contribution in [3.63, 3.8) is 0 Å². The third-order valence-corrected chi connectivity index (χ3v) is 4.50. The summed E-state index contributed by atoms with van der Waals surface area (Å²) in [5, 5.41) is 23.2. The Morgan fingerprint density at radius 1 is 0.941 bits per heavy atom. The second-order valence-corrected chi connectivity index (χ2v) is 7.24. The minimum atomic E-state index is -3.37. The lowest BCUT2D eigenvalue weighted by molar-refractivity contribution is -0.149. The molecule has 0 bridgehead atoms. The summed E-state index contributed by atoms with van der Waals surface area (Å²) >= 11 is 0. The van der Waals surface area contributed by atoms with Gasteiger partial charge >= 0.3 is 0 Å². The number of hydroxylamine groups is 1. The summed E-state index contributed by atoms with van der Waals surface area (Å²) in [6.45, 7) is 2.07. The van der Waals surface area contributed by atoms with Crippen molar-refractivity contribution in [2.24, 2.45) is 0 Å². The highest BCUT2D eigenvalue weighted by molar-refractivity contribution is 5.98. The lowest BCUT2D eigenvalue weighted by Gasteiger charge is -2.30. The van der Waals surface area contributed by atoms with E-state index in [9.17, 15) is 28.3 Å². The van der Waals surface area contributed by atoms with E-state index in [1.807, 2.05) is 5.32 Å². The summed E-state index contributed by atoms with van der Waals surface area (Å²) in [6, 6.07) is 10.4. The summed E-state index contributed by atoms with van der Waals surface area (Å²) in [7, 11) is 0. The number of halogens is 2. The van der Waals surface area contributed by atoms with Gasteiger partial charge in [0.1, 0.15) is 6.04 Å². The molecule has 34 heavy (non-hydrogen) atoms. The van der Waals surface area contributed by atoms with Gasteiger partial charge in [-0.15, -0.1) is 0 Å². The van der Waals surface area contributed by atoms with E-state index in [1.54, 1.807) is 24.3 Å². The Hall–Kier alpha value is -4.25. The number of carbonyl (C=O) groups is 3. The van der Waals surface area contributed by atoms with Gasteiger partial charge in [0, 0.05) is 29.3 Å². The lowest BCUT2D eigenvalue weighted by atomic mass is 9.95. The van der Waals surface area contributed by atoms with E-state index in [1.165, 1.54) is 31.2 Å². The van der Waals surface area contributed by atoms with E-state index in [-0.39, 0.29) is 11.5 Å². The molecular weight excluding hydrogens is 448 g/mol. The molecule has 0 spiro atoms. The Kier molecular flexibility index (Phi) is 8.85. The number of hydrogen-bond acceptors (Lipinski definition) is 5. The molecule has 0 saturated heterocycles. The number of benzene rings is 2. The number of aliphatic hydroxyl groups is 1. The van der Waals surface area contributed by atoms with Crippen LogP contribution in [0.3, 0.4) is 0 Å². The van der Waals surface area contributed by atoms with Crippen LogP contribution in [0.25, 0.3) is 0 Å². The predicted octanol–water partition coefficient (Wildman–Crippen LogP) is 1.67. The zero-order valence-corrected chi connectivity index (χ0v) is 18.1. The van der Waals surface area contributed by atoms with E-state index in [4.69, 9.17) is 5.21 Å². The van der Waals surface area contributed by atoms with E-state index in [0.717, 1.165) is 5.48 Å². The second kappa shape index (κ2) is 11.6. The summed E-state index contributed by atoms with van der Waals surface area (Å²) < 4.78 is 26.2. The van der Waals surface area contributed by atoms with Crippen molar-refractivity contribution in [3.05, 3.63) is 65.2 Å². The molecule has 2 atom stereocenters. The maximum atomic E-state index is 13.1. The van der Waals surface area contributed by atoms with Crippen LogP contribution in [0, 0.1) is 23.7 Å². The molecule has 0 aromatic heterocycles. The molecule has 3 amide bonds. The quantitative estimate of drug-likeness (QED) is 0.250. The van der Waals surface area contributed by atoms with Gasteiger partial charge in [0.25, 0.3) is 18.2 Å². The van der Waals surface area contributed by atoms with Crippen molar-refractivity contribution < 1.29 is 33.5 Å². The molecule has 0 aliphatic rings. The zero-order chi connectivity index (χ0) is 25.3. The Morgan fingerprint density at radius 3 is 1.88 bits per heavy atom. The van der Waals surface area contributed by atoms with Crippen molar-refractivity contribution in [2.45, 2.75) is 31.9 Å². The van der Waals surface area contributed by atoms with Crippen LogP contribution in [0.15, 0.2) is 48.5 Å². The molecule has 0 aliphatic carbocycles. The van der Waals surface area contributed by atoms with E-state index in [0.29, 0.717) is 23.7 Å². The third-order valence-electron chi connectivity index (χ3n) is 4.50. The maximum absolute atomic E-state index is 13.1. The Balaban J connectivity index is 2.06. The number of anilines is 1. The Labute approximate surface area is 194 Å². The van der Waals surface area contributed by atoms with Crippen LogP contribution < -0.4 is 16.1 Å². The number of carbonyl (C=O) groups excluding carboxylic acids is 3. The van der Waals surface area contributed by atoms with Gasteiger partial charge in [-0.25, -0.2) is 14.3 Å². The molecule has 2 aromatic rings. The highest BCUT2D eigenvalue weighted by Gasteiger charge is 2.46. The largest absolute Gasteiger partial charge is 0.381 e. The number of hydrogen-bond donors (Lipinski definition) is 5. The van der Waals surface area contributed by atoms with E-state index >= 15 is 0 Å². The van der Waals surface area contributed by atoms with Crippen molar-refractivity contribution >= 4 is 23.4 Å². The molecule has 2 rings (SSSR count). The molecule has 176 valence electrons. The van der Waals surface area contributed by atoms with Gasteiger partial charge in [-0.2, -0.15) is 0 Å². The molecule has 2 aromatic carbocycles. The van der Waals surface area contributed by atoms with E-state index < -0.39 is 29.9 Å². The van der Waals surface area contributed by atoms with Crippen LogP contribution in [-0.4, -0.2) is 46.1 Å². The van der Waals surface area contributed by atoms with Gasteiger partial charge in [0.2, 0.25) is 5.91 Å². The Bertz CT molecular complexity index is 1170. The van der Waals surface area contributed by atoms with Crippen LogP contribution in [0.2, 0.25) is 0 Å². The smallest absolute Gasteiger partial charge is 0.269 e. The first-order valence-corrected chi connectivity index (χ1v) is 9.79. The first kappa shape index (κ1) is 26.0. The van der Waals surface area contributed by atoms with Gasteiger partial charge < -0.3 is 15.7 Å². The van der Waals surface area contributed by atoms with Crippen LogP contribution in [0.5, 0.6) is 0 Å². The average Bonchev–Trinajstić information content (AvgIpc) is 2.80. The molecule has 0 fully saturated rings. The normalized spacial score (nSPS) is 12.7. The molecule has 1 unspecified atom stereocenters. The van der Waals surface area contributed by atoms with Gasteiger partial charge in [0.05, 0.1) is 0 Å². The highest BCUT2D eigenvalue weighted by atomic mass is 19.3. The molecule has 10 heteroatoms. The first-order valence-electron chi connectivity index (χ1n) is 9.79. The van der Waals surface area contributed by atoms with Gasteiger partial charge in [-0.3, -0.25) is 19.6 Å². The maximum Gasteiger partial charge on any atom is 0.269 e. The van der Waals surface area contributed by atoms with Gasteiger partial charge in [-0.1, -0.05) is 11.8 Å². The average molecular weight is 469 g/mol. The fourth-order valence-electron chi connectivity index (χ4n) is 2.63. The van der Waals surface area contributed by atoms with Gasteiger partial charge in [-0.05, 0) is 67.3 Å². The molecular formula is C24H21F2N3O5. The second-order valence-electron chi connectivity index (χ2n) is 7.24. The minimum absolute atomic E-state index is 0.0108. The van der Waals surface area contributed by atoms with Crippen molar-refractivity contribution in [2.75, 3.05) is 5.32 Å². The van der Waals surface area contributed by atoms with Crippen LogP contribution >= 0.6 is 0 Å². The molecule has 8 nitrogen and oxygen atoms in total. The molecule has 0 saturated carbocycles. The predicted molar refractivity (Wildman–Crippen MR) is 119 cm³/mol. The van der Waals surface area contributed by atoms with Crippen molar-refractivity contribution in [1.29, 1.82) is 0 Å². The molecule has 0 aliphatic heterocycles. The summed E-state index contributed by atoms with van der Waals surface area (Å²) in [5.74, 6) is 8.45. The summed E-state index contributed by atoms with van der Waals surface area (Å²) in [5.41, 5.74) is 0.0879. The molecule has 5 N–H and O–H groups in total. The standard InChI is InChI=1S/C24H21F2N3O5/c1-15(30)27-19-13-9-17(10-14-19)6-4-3-5-16-7-11-18(12-8-16)21(31)28-20(22(32)29-34)24(2,33)23(25)26/h7-14,20,23,33-34H,1-2H3,(H,27,30)(H,28,31)(H,29,32)/t20-,24?/m1/s1. The highest BCUT2D eigenvalue weighted by Crippen LogP contribution is 2.20. The number of amides is 3. The van der Waals surface area contributed by atoms with Crippen LogP contribution in [-0.2, 0) is 9.59 Å². The van der Waals surface area contributed by atoms with Crippen molar-refractivity contribution in [3.8, 4) is 23.7 Å². The summed E-state index contributed by atoms with van der Waals surface area (Å²) in [6.07, 6.45) is -3.37. The number of nitrogens with one attached hydrogen (secondary N) is 3. The minimum Gasteiger partial charge on any atom is -0.381 e. The van der Waals surface area contributed by atoms with Gasteiger partial charge in [0.15, 0.2) is 5.60 Å². The number of alkyl halides is 2. The molecule has 0 radical (unpaired) electrons. The topological polar surface area (TPSA) is 128 Å². The van der Waals surface area contributed by atoms with Crippen LogP contribution in [0.4, 0.5) is 14.5 Å². The molecule has 0 heterocycles. The van der Waals surface area contributed by atoms with Crippen molar-refractivity contribution in [1.82, 2.24) is 10.8 Å². The fourth-order valence-corrected chi connectivity index (χ4v) is 2.63. The monoisotopic (exact) mass is 469 g/mol. The number of rotatable bonds is 6. The fraction of sp³-hybridized carbons (Fsp3) is 0.208. The Morgan fingerprint density at radius 2 is 1.44 bits per heavy atom. The van der Waals surface area contributed by atoms with Crippen LogP contribution in [0.1, 0.15) is 35.3 Å². The SMILES string of the molecule is CC(=O)Nc1ccc(C#CC#Cc2ccc(C(=O)N[C@H](C(=O)NO)C(C)(O)C(F)F)cc2)cc1. The van der Waals surface area contributed by atoms with E-state index in [2.05, 4.69) is 29.0 Å². The zero-order valence-electron chi connectivity index (χ0n) is 18.1. The third kappa shape index (κ3) is 7.14. The first-order chi connectivity index (χ1) is 16.0. The summed E-state index contributed by atoms with van der Waals surface area (Å²) in [4.78, 5) is 35.0.